The molecule has 1 N–H and O–H groups in total. The maximum atomic E-state index is 9.76. The second-order valence-electron chi connectivity index (χ2n) is 6.34. The van der Waals surface area contributed by atoms with Gasteiger partial charge in [0.1, 0.15) is 17.1 Å². The van der Waals surface area contributed by atoms with E-state index in [-0.39, 0.29) is 5.75 Å². The maximum Gasteiger partial charge on any atom is 0.161 e. The molecule has 0 aliphatic rings. The first kappa shape index (κ1) is 18.9. The number of rotatable bonds is 4. The lowest BCUT2D eigenvalue weighted by molar-refractivity contribution is 0.355. The molecule has 1 aromatic heterocycles. The Bertz CT molecular complexity index is 1260. The summed E-state index contributed by atoms with van der Waals surface area (Å²) in [6.07, 6.45) is 0. The van der Waals surface area contributed by atoms with E-state index in [1.54, 1.807) is 44.6 Å². The summed E-state index contributed by atoms with van der Waals surface area (Å²) in [5.74, 6) is 1.99. The summed E-state index contributed by atoms with van der Waals surface area (Å²) in [6.45, 7) is 0. The van der Waals surface area contributed by atoms with Crippen LogP contribution in [0.1, 0.15) is 0 Å². The minimum atomic E-state index is 0.148. The van der Waals surface area contributed by atoms with Gasteiger partial charge < -0.3 is 19.0 Å². The minimum Gasteiger partial charge on any atom is -0.508 e. The van der Waals surface area contributed by atoms with E-state index in [9.17, 15) is 5.11 Å². The molecule has 146 valence electrons. The van der Waals surface area contributed by atoms with Crippen molar-refractivity contribution in [3.8, 4) is 28.6 Å². The van der Waals surface area contributed by atoms with E-state index in [2.05, 4.69) is 0 Å². The van der Waals surface area contributed by atoms with E-state index < -0.39 is 0 Å². The molecule has 0 radical (unpaired) electrons. The Morgan fingerprint density at radius 2 is 1.72 bits per heavy atom. The summed E-state index contributed by atoms with van der Waals surface area (Å²) in [5, 5.41) is 11.8. The first-order valence-corrected chi connectivity index (χ1v) is 9.25. The Balaban J connectivity index is 1.97. The van der Waals surface area contributed by atoms with E-state index in [4.69, 9.17) is 30.5 Å². The predicted molar refractivity (Wildman–Crippen MR) is 113 cm³/mol. The second-order valence-corrected chi connectivity index (χ2v) is 6.77. The zero-order valence-corrected chi connectivity index (χ0v) is 16.6. The molecule has 0 atom stereocenters. The topological polar surface area (TPSA) is 64.2 Å². The van der Waals surface area contributed by atoms with Crippen molar-refractivity contribution in [2.75, 3.05) is 14.2 Å². The van der Waals surface area contributed by atoms with Crippen LogP contribution >= 0.6 is 11.6 Å². The molecule has 0 aliphatic heterocycles. The van der Waals surface area contributed by atoms with Crippen LogP contribution in [0.5, 0.6) is 17.2 Å². The Morgan fingerprint density at radius 1 is 0.897 bits per heavy atom. The van der Waals surface area contributed by atoms with E-state index in [1.807, 2.05) is 36.4 Å². The fourth-order valence-corrected chi connectivity index (χ4v) is 3.24. The molecule has 0 spiro atoms. The highest BCUT2D eigenvalue weighted by Gasteiger charge is 2.11. The summed E-state index contributed by atoms with van der Waals surface area (Å²) >= 11 is 6.19. The first-order chi connectivity index (χ1) is 14.1. The highest BCUT2D eigenvalue weighted by atomic mass is 35.5. The average molecular weight is 408 g/mol. The van der Waals surface area contributed by atoms with Crippen LogP contribution in [0.15, 0.2) is 76.1 Å². The van der Waals surface area contributed by atoms with Gasteiger partial charge in [0.05, 0.1) is 25.3 Å². The number of hydrogen-bond acceptors (Lipinski definition) is 5. The number of benzene rings is 3. The van der Waals surface area contributed by atoms with Gasteiger partial charge >= 0.3 is 0 Å². The Hall–Kier alpha value is -3.44. The monoisotopic (exact) mass is 407 g/mol. The van der Waals surface area contributed by atoms with Crippen molar-refractivity contribution in [1.29, 1.82) is 0 Å². The van der Waals surface area contributed by atoms with Crippen LogP contribution in [-0.2, 0) is 0 Å². The van der Waals surface area contributed by atoms with Crippen LogP contribution in [0.4, 0.5) is 5.69 Å². The number of halogens is 1. The third-order valence-electron chi connectivity index (χ3n) is 4.45. The average Bonchev–Trinajstić information content (AvgIpc) is 2.73. The smallest absolute Gasteiger partial charge is 0.161 e. The van der Waals surface area contributed by atoms with Gasteiger partial charge in [0.25, 0.3) is 0 Å². The number of methoxy groups -OCH3 is 2. The number of nitrogens with zero attached hydrogens (tertiary/aromatic N) is 1. The molecule has 0 saturated carbocycles. The molecular weight excluding hydrogens is 390 g/mol. The van der Waals surface area contributed by atoms with Gasteiger partial charge in [-0.05, 0) is 48.5 Å². The third kappa shape index (κ3) is 3.91. The quantitative estimate of drug-likeness (QED) is 0.470. The molecule has 0 bridgehead atoms. The molecule has 0 amide bonds. The molecule has 5 nitrogen and oxygen atoms in total. The van der Waals surface area contributed by atoms with Crippen LogP contribution in [0.2, 0.25) is 5.02 Å². The van der Waals surface area contributed by atoms with Crippen molar-refractivity contribution < 1.29 is 19.0 Å². The summed E-state index contributed by atoms with van der Waals surface area (Å²) in [5.41, 5.74) is 2.07. The van der Waals surface area contributed by atoms with Crippen molar-refractivity contribution in [1.82, 2.24) is 0 Å². The van der Waals surface area contributed by atoms with Gasteiger partial charge in [0.15, 0.2) is 11.5 Å². The van der Waals surface area contributed by atoms with Crippen LogP contribution in [0.25, 0.3) is 22.3 Å². The first-order valence-electron chi connectivity index (χ1n) is 8.87. The van der Waals surface area contributed by atoms with Gasteiger partial charge in [-0.15, -0.1) is 0 Å². The molecule has 0 saturated heterocycles. The van der Waals surface area contributed by atoms with Crippen molar-refractivity contribution in [3.05, 3.63) is 77.1 Å². The summed E-state index contributed by atoms with van der Waals surface area (Å²) in [6, 6.07) is 19.5. The van der Waals surface area contributed by atoms with Gasteiger partial charge in [-0.3, -0.25) is 0 Å². The fraction of sp³-hybridized carbons (Fsp3) is 0.0870. The zero-order chi connectivity index (χ0) is 20.4. The summed E-state index contributed by atoms with van der Waals surface area (Å²) < 4.78 is 16.8. The normalized spacial score (nSPS) is 11.6. The summed E-state index contributed by atoms with van der Waals surface area (Å²) in [4.78, 5) is 4.70. The molecule has 0 fully saturated rings. The molecule has 4 aromatic rings. The second kappa shape index (κ2) is 7.89. The van der Waals surface area contributed by atoms with E-state index in [0.29, 0.717) is 38.9 Å². The number of aromatic hydroxyl groups is 1. The molecule has 1 heterocycles. The lowest BCUT2D eigenvalue weighted by Gasteiger charge is -2.10. The van der Waals surface area contributed by atoms with Gasteiger partial charge in [-0.2, -0.15) is 0 Å². The van der Waals surface area contributed by atoms with Crippen LogP contribution in [0.3, 0.4) is 0 Å². The summed E-state index contributed by atoms with van der Waals surface area (Å²) in [7, 11) is 3.18. The molecule has 6 heteroatoms. The molecular formula is C23H18ClNO4. The van der Waals surface area contributed by atoms with Gasteiger partial charge in [0.2, 0.25) is 0 Å². The lowest BCUT2D eigenvalue weighted by Crippen LogP contribution is -2.03. The molecule has 29 heavy (non-hydrogen) atoms. The van der Waals surface area contributed by atoms with Crippen molar-refractivity contribution in [3.63, 3.8) is 0 Å². The number of hydrogen-bond donors (Lipinski definition) is 1. The number of phenols is 1. The van der Waals surface area contributed by atoms with Crippen LogP contribution in [-0.4, -0.2) is 19.3 Å². The predicted octanol–water partition coefficient (Wildman–Crippen LogP) is 5.71. The van der Waals surface area contributed by atoms with Crippen LogP contribution in [0, 0.1) is 0 Å². The lowest BCUT2D eigenvalue weighted by atomic mass is 10.1. The van der Waals surface area contributed by atoms with Gasteiger partial charge in [0, 0.05) is 28.1 Å². The standard InChI is InChI=1S/C23H18ClNO4/c1-27-21-8-6-14(10-23(21)28-2)22-13-19(25-16-4-3-5-17(26)12-16)18-11-15(24)7-9-20(18)29-22/h3-13,26H,1-2H3. The molecule has 0 unspecified atom stereocenters. The SMILES string of the molecule is COc1ccc(-c2cc(=Nc3cccc(O)c3)c3cc(Cl)ccc3o2)cc1OC. The Kier molecular flexibility index (Phi) is 5.14. The largest absolute Gasteiger partial charge is 0.508 e. The highest BCUT2D eigenvalue weighted by Crippen LogP contribution is 2.33. The van der Waals surface area contributed by atoms with E-state index in [1.165, 1.54) is 0 Å². The van der Waals surface area contributed by atoms with Gasteiger partial charge in [-0.25, -0.2) is 4.99 Å². The fourth-order valence-electron chi connectivity index (χ4n) is 3.07. The minimum absolute atomic E-state index is 0.148. The maximum absolute atomic E-state index is 9.76. The van der Waals surface area contributed by atoms with Gasteiger partial charge in [-0.1, -0.05) is 17.7 Å². The molecule has 4 rings (SSSR count). The van der Waals surface area contributed by atoms with Crippen LogP contribution < -0.4 is 14.8 Å². The van der Waals surface area contributed by atoms with Crippen molar-refractivity contribution >= 4 is 28.3 Å². The van der Waals surface area contributed by atoms with E-state index >= 15 is 0 Å². The Morgan fingerprint density at radius 3 is 2.48 bits per heavy atom. The number of fused-ring (bicyclic) bond motifs is 1. The third-order valence-corrected chi connectivity index (χ3v) is 4.69. The number of ether oxygens (including phenoxy) is 2. The number of phenolic OH excluding ortho intramolecular Hbond substituents is 1. The molecule has 3 aromatic carbocycles. The van der Waals surface area contributed by atoms with Crippen molar-refractivity contribution in [2.45, 2.75) is 0 Å². The van der Waals surface area contributed by atoms with E-state index in [0.717, 1.165) is 10.9 Å². The Labute approximate surface area is 172 Å². The van der Waals surface area contributed by atoms with Crippen molar-refractivity contribution in [2.24, 2.45) is 4.99 Å². The molecule has 0 aliphatic carbocycles. The zero-order valence-electron chi connectivity index (χ0n) is 15.8. The highest BCUT2D eigenvalue weighted by molar-refractivity contribution is 6.31.